The average molecular weight is 266 g/mol. The molecule has 0 unspecified atom stereocenters. The second-order valence-electron chi connectivity index (χ2n) is 3.96. The van der Waals surface area contributed by atoms with Crippen LogP contribution in [-0.4, -0.2) is 35.7 Å². The number of nitrogens with two attached hydrogens (primary N) is 1. The molecule has 1 aromatic carbocycles. The Morgan fingerprint density at radius 1 is 1.28 bits per heavy atom. The smallest absolute Gasteiger partial charge is 0.338 e. The van der Waals surface area contributed by atoms with Gasteiger partial charge in [-0.1, -0.05) is 18.2 Å². The largest absolute Gasteiger partial charge is 0.456 e. The highest BCUT2D eigenvalue weighted by molar-refractivity contribution is 7.99. The quantitative estimate of drug-likeness (QED) is 0.800. The first-order valence-corrected chi connectivity index (χ1v) is 6.72. The molecule has 1 heterocycles. The zero-order valence-corrected chi connectivity index (χ0v) is 10.5. The number of rotatable bonds is 3. The summed E-state index contributed by atoms with van der Waals surface area (Å²) in [5.41, 5.74) is 5.58. The minimum atomic E-state index is -0.594. The molecule has 0 aliphatic carbocycles. The molecule has 5 nitrogen and oxygen atoms in total. The molecule has 0 spiro atoms. The second kappa shape index (κ2) is 5.77. The Balaban J connectivity index is 1.96. The molecule has 1 aliphatic heterocycles. The van der Waals surface area contributed by atoms with E-state index in [2.05, 4.69) is 5.32 Å². The molecule has 96 valence electrons. The third-order valence-corrected chi connectivity index (χ3v) is 3.78. The van der Waals surface area contributed by atoms with Crippen LogP contribution < -0.4 is 11.1 Å². The highest BCUT2D eigenvalue weighted by Crippen LogP contribution is 2.22. The van der Waals surface area contributed by atoms with E-state index in [9.17, 15) is 9.59 Å². The van der Waals surface area contributed by atoms with E-state index >= 15 is 0 Å². The molecule has 1 fully saturated rings. The zero-order valence-electron chi connectivity index (χ0n) is 9.67. The van der Waals surface area contributed by atoms with Gasteiger partial charge >= 0.3 is 12.0 Å². The van der Waals surface area contributed by atoms with Gasteiger partial charge in [0.05, 0.1) is 11.6 Å². The van der Waals surface area contributed by atoms with Gasteiger partial charge in [-0.2, -0.15) is 11.8 Å². The van der Waals surface area contributed by atoms with Crippen LogP contribution in [-0.2, 0) is 4.74 Å². The van der Waals surface area contributed by atoms with Gasteiger partial charge < -0.3 is 15.8 Å². The van der Waals surface area contributed by atoms with E-state index < -0.39 is 6.03 Å². The molecule has 0 aromatic heterocycles. The standard InChI is InChI=1S/C12H14N2O3S/c13-12(16)14-9-6-18-7-10(9)17-11(15)8-4-2-1-3-5-8/h1-5,9-10H,6-7H2,(H3,13,14,16)/t9-,10+/m0/s1. The second-order valence-corrected chi connectivity index (χ2v) is 5.04. The minimum absolute atomic E-state index is 0.208. The molecule has 18 heavy (non-hydrogen) atoms. The van der Waals surface area contributed by atoms with Gasteiger partial charge in [0.2, 0.25) is 0 Å². The third-order valence-electron chi connectivity index (χ3n) is 2.62. The number of nitrogens with one attached hydrogen (secondary N) is 1. The number of ether oxygens (including phenoxy) is 1. The summed E-state index contributed by atoms with van der Waals surface area (Å²) < 4.78 is 5.38. The molecule has 0 bridgehead atoms. The van der Waals surface area contributed by atoms with Gasteiger partial charge in [0.15, 0.2) is 0 Å². The summed E-state index contributed by atoms with van der Waals surface area (Å²) in [5.74, 6) is 0.999. The molecule has 3 N–H and O–H groups in total. The van der Waals surface area contributed by atoms with E-state index in [0.29, 0.717) is 17.1 Å². The molecular weight excluding hydrogens is 252 g/mol. The average Bonchev–Trinajstić information content (AvgIpc) is 2.77. The summed E-state index contributed by atoms with van der Waals surface area (Å²) in [6.07, 6.45) is -0.324. The van der Waals surface area contributed by atoms with Crippen LogP contribution in [0.1, 0.15) is 10.4 Å². The molecule has 2 amide bonds. The van der Waals surface area contributed by atoms with Crippen molar-refractivity contribution >= 4 is 23.8 Å². The van der Waals surface area contributed by atoms with Gasteiger partial charge in [-0.15, -0.1) is 0 Å². The summed E-state index contributed by atoms with van der Waals surface area (Å²) in [5, 5.41) is 2.59. The number of carbonyl (C=O) groups is 2. The SMILES string of the molecule is NC(=O)N[C@H]1CSC[C@H]1OC(=O)c1ccccc1. The number of primary amides is 1. The van der Waals surface area contributed by atoms with Crippen LogP contribution in [0.4, 0.5) is 4.79 Å². The molecular formula is C12H14N2O3S. The Labute approximate surface area is 109 Å². The van der Waals surface area contributed by atoms with Gasteiger partial charge in [0.25, 0.3) is 0 Å². The molecule has 1 aliphatic rings. The number of benzene rings is 1. The van der Waals surface area contributed by atoms with Crippen molar-refractivity contribution in [2.24, 2.45) is 5.73 Å². The summed E-state index contributed by atoms with van der Waals surface area (Å²) in [6, 6.07) is 7.98. The number of amides is 2. The van der Waals surface area contributed by atoms with Crippen molar-refractivity contribution in [3.63, 3.8) is 0 Å². The van der Waals surface area contributed by atoms with Gasteiger partial charge in [-0.3, -0.25) is 0 Å². The summed E-state index contributed by atoms with van der Waals surface area (Å²) >= 11 is 1.62. The van der Waals surface area contributed by atoms with E-state index in [1.54, 1.807) is 36.0 Å². The highest BCUT2D eigenvalue weighted by Gasteiger charge is 2.32. The van der Waals surface area contributed by atoms with E-state index in [0.717, 1.165) is 0 Å². The molecule has 6 heteroatoms. The number of carbonyl (C=O) groups excluding carboxylic acids is 2. The van der Waals surface area contributed by atoms with Crippen LogP contribution in [0.15, 0.2) is 30.3 Å². The first-order chi connectivity index (χ1) is 8.66. The van der Waals surface area contributed by atoms with Crippen molar-refractivity contribution < 1.29 is 14.3 Å². The minimum Gasteiger partial charge on any atom is -0.456 e. The molecule has 1 aromatic rings. The van der Waals surface area contributed by atoms with Crippen LogP contribution in [0.3, 0.4) is 0 Å². The van der Waals surface area contributed by atoms with Crippen molar-refractivity contribution in [2.75, 3.05) is 11.5 Å². The van der Waals surface area contributed by atoms with E-state index in [1.807, 2.05) is 6.07 Å². The van der Waals surface area contributed by atoms with Crippen LogP contribution in [0, 0.1) is 0 Å². The maximum atomic E-state index is 11.9. The van der Waals surface area contributed by atoms with Gasteiger partial charge in [-0.25, -0.2) is 9.59 Å². The highest BCUT2D eigenvalue weighted by atomic mass is 32.2. The summed E-state index contributed by atoms with van der Waals surface area (Å²) in [6.45, 7) is 0. The van der Waals surface area contributed by atoms with Gasteiger partial charge in [0, 0.05) is 11.5 Å². The molecule has 0 saturated carbocycles. The summed E-state index contributed by atoms with van der Waals surface area (Å²) in [7, 11) is 0. The lowest BCUT2D eigenvalue weighted by Crippen LogP contribution is -2.46. The molecule has 2 rings (SSSR count). The fourth-order valence-corrected chi connectivity index (χ4v) is 2.97. The first kappa shape index (κ1) is 12.8. The van der Waals surface area contributed by atoms with Crippen molar-refractivity contribution in [1.29, 1.82) is 0 Å². The lowest BCUT2D eigenvalue weighted by Gasteiger charge is -2.19. The number of thioether (sulfide) groups is 1. The topological polar surface area (TPSA) is 81.4 Å². The lowest BCUT2D eigenvalue weighted by atomic mass is 10.2. The number of hydrogen-bond acceptors (Lipinski definition) is 4. The monoisotopic (exact) mass is 266 g/mol. The molecule has 2 atom stereocenters. The molecule has 0 radical (unpaired) electrons. The maximum Gasteiger partial charge on any atom is 0.338 e. The Hall–Kier alpha value is -1.69. The maximum absolute atomic E-state index is 11.9. The van der Waals surface area contributed by atoms with E-state index in [-0.39, 0.29) is 18.1 Å². The zero-order chi connectivity index (χ0) is 13.0. The van der Waals surface area contributed by atoms with Gasteiger partial charge in [0.1, 0.15) is 6.10 Å². The third kappa shape index (κ3) is 3.16. The lowest BCUT2D eigenvalue weighted by molar-refractivity contribution is 0.0306. The predicted molar refractivity (Wildman–Crippen MR) is 69.5 cm³/mol. The van der Waals surface area contributed by atoms with E-state index in [1.165, 1.54) is 0 Å². The predicted octanol–water partition coefficient (Wildman–Crippen LogP) is 0.996. The van der Waals surface area contributed by atoms with Crippen molar-refractivity contribution in [1.82, 2.24) is 5.32 Å². The van der Waals surface area contributed by atoms with Crippen molar-refractivity contribution in [3.05, 3.63) is 35.9 Å². The first-order valence-electron chi connectivity index (χ1n) is 5.56. The number of hydrogen-bond donors (Lipinski definition) is 2. The number of urea groups is 1. The summed E-state index contributed by atoms with van der Waals surface area (Å²) in [4.78, 5) is 22.7. The van der Waals surface area contributed by atoms with Gasteiger partial charge in [-0.05, 0) is 12.1 Å². The Bertz CT molecular complexity index is 438. The van der Waals surface area contributed by atoms with E-state index in [4.69, 9.17) is 10.5 Å². The molecule has 1 saturated heterocycles. The van der Waals surface area contributed by atoms with Crippen molar-refractivity contribution in [2.45, 2.75) is 12.1 Å². The fraction of sp³-hybridized carbons (Fsp3) is 0.333. The van der Waals surface area contributed by atoms with Crippen LogP contribution in [0.25, 0.3) is 0 Å². The Kier molecular flexibility index (Phi) is 4.09. The van der Waals surface area contributed by atoms with Crippen molar-refractivity contribution in [3.8, 4) is 0 Å². The fourth-order valence-electron chi connectivity index (χ4n) is 1.75. The van der Waals surface area contributed by atoms with Crippen LogP contribution in [0.2, 0.25) is 0 Å². The Morgan fingerprint density at radius 3 is 2.67 bits per heavy atom. The van der Waals surface area contributed by atoms with Crippen LogP contribution >= 0.6 is 11.8 Å². The van der Waals surface area contributed by atoms with Crippen LogP contribution in [0.5, 0.6) is 0 Å². The number of esters is 1. The Morgan fingerprint density at radius 2 is 2.00 bits per heavy atom. The normalized spacial score (nSPS) is 22.4.